The van der Waals surface area contributed by atoms with Crippen LogP contribution in [0.2, 0.25) is 0 Å². The van der Waals surface area contributed by atoms with Gasteiger partial charge in [0.1, 0.15) is 4.88 Å². The van der Waals surface area contributed by atoms with Crippen LogP contribution in [0.4, 0.5) is 5.69 Å². The molecule has 1 aromatic heterocycles. The summed E-state index contributed by atoms with van der Waals surface area (Å²) in [6.45, 7) is 4.57. The van der Waals surface area contributed by atoms with Crippen molar-refractivity contribution < 1.29 is 4.79 Å². The first-order chi connectivity index (χ1) is 9.97. The molecule has 2 aromatic rings. The molecular weight excluding hydrogens is 350 g/mol. The second-order valence-corrected chi connectivity index (χ2v) is 7.53. The van der Waals surface area contributed by atoms with Crippen LogP contribution in [0.1, 0.15) is 16.6 Å². The number of amides is 1. The number of hydrogen-bond donors (Lipinski definition) is 1. The molecule has 6 heteroatoms. The van der Waals surface area contributed by atoms with Gasteiger partial charge in [0.15, 0.2) is 0 Å². The summed E-state index contributed by atoms with van der Waals surface area (Å²) >= 11 is 4.94. The Morgan fingerprint density at radius 1 is 1.43 bits per heavy atom. The summed E-state index contributed by atoms with van der Waals surface area (Å²) in [5.74, 6) is 0.0600. The fraction of sp³-hybridized carbons (Fsp3) is 0.400. The summed E-state index contributed by atoms with van der Waals surface area (Å²) in [6.07, 6.45) is 0. The summed E-state index contributed by atoms with van der Waals surface area (Å²) in [7, 11) is 2.10. The first-order valence-electron chi connectivity index (χ1n) is 6.94. The molecule has 3 rings (SSSR count). The molecular formula is C15H18BrN3OS. The largest absolute Gasteiger partial charge is 0.397 e. The minimum absolute atomic E-state index is 0.0600. The third-order valence-corrected chi connectivity index (χ3v) is 5.78. The highest BCUT2D eigenvalue weighted by Gasteiger charge is 2.27. The fourth-order valence-electron chi connectivity index (χ4n) is 2.63. The molecule has 1 aromatic carbocycles. The van der Waals surface area contributed by atoms with Gasteiger partial charge in [0.2, 0.25) is 0 Å². The van der Waals surface area contributed by atoms with E-state index in [0.717, 1.165) is 34.2 Å². The van der Waals surface area contributed by atoms with Crippen molar-refractivity contribution in [1.29, 1.82) is 0 Å². The lowest BCUT2D eigenvalue weighted by Gasteiger charge is -2.37. The van der Waals surface area contributed by atoms with Gasteiger partial charge in [-0.25, -0.2) is 0 Å². The van der Waals surface area contributed by atoms with E-state index in [0.29, 0.717) is 16.6 Å². The molecule has 0 bridgehead atoms. The van der Waals surface area contributed by atoms with E-state index in [1.54, 1.807) is 0 Å². The maximum atomic E-state index is 12.8. The molecule has 1 aliphatic heterocycles. The molecule has 21 heavy (non-hydrogen) atoms. The number of piperazine rings is 1. The van der Waals surface area contributed by atoms with Gasteiger partial charge in [-0.3, -0.25) is 4.79 Å². The van der Waals surface area contributed by atoms with Gasteiger partial charge >= 0.3 is 0 Å². The normalized spacial score (nSPS) is 20.1. The van der Waals surface area contributed by atoms with Crippen LogP contribution in [0.25, 0.3) is 10.1 Å². The number of hydrogen-bond acceptors (Lipinski definition) is 4. The maximum absolute atomic E-state index is 12.8. The number of likely N-dealkylation sites (N-methyl/N-ethyl adjacent to an activating group) is 1. The number of nitrogens with two attached hydrogens (primary N) is 1. The van der Waals surface area contributed by atoms with Gasteiger partial charge in [-0.1, -0.05) is 22.0 Å². The van der Waals surface area contributed by atoms with E-state index in [4.69, 9.17) is 5.73 Å². The molecule has 1 atom stereocenters. The Hall–Kier alpha value is -1.11. The number of benzene rings is 1. The zero-order chi connectivity index (χ0) is 15.1. The topological polar surface area (TPSA) is 49.6 Å². The number of anilines is 1. The molecule has 1 fully saturated rings. The van der Waals surface area contributed by atoms with Crippen LogP contribution in [0.15, 0.2) is 22.7 Å². The molecule has 4 nitrogen and oxygen atoms in total. The number of carbonyl (C=O) groups is 1. The molecule has 2 N–H and O–H groups in total. The van der Waals surface area contributed by atoms with E-state index in [1.807, 2.05) is 23.1 Å². The second-order valence-electron chi connectivity index (χ2n) is 5.57. The van der Waals surface area contributed by atoms with Gasteiger partial charge in [-0.2, -0.15) is 0 Å². The zero-order valence-corrected chi connectivity index (χ0v) is 14.5. The molecule has 0 spiro atoms. The molecule has 1 amide bonds. The number of halogens is 1. The van der Waals surface area contributed by atoms with Crippen molar-refractivity contribution in [2.24, 2.45) is 0 Å². The highest BCUT2D eigenvalue weighted by molar-refractivity contribution is 9.10. The lowest BCUT2D eigenvalue weighted by atomic mass is 10.2. The molecule has 1 unspecified atom stereocenters. The van der Waals surface area contributed by atoms with Crippen molar-refractivity contribution in [3.05, 3.63) is 27.5 Å². The standard InChI is InChI=1S/C15H18BrN3OS/c1-9-8-19(6-5-18(9)2)15(20)14-13(17)11-4-3-10(16)7-12(11)21-14/h3-4,7,9H,5-6,8,17H2,1-2H3. The van der Waals surface area contributed by atoms with Gasteiger partial charge in [-0.15, -0.1) is 11.3 Å². The van der Waals surface area contributed by atoms with E-state index in [-0.39, 0.29) is 5.91 Å². The Kier molecular flexibility index (Phi) is 3.94. The predicted octanol–water partition coefficient (Wildman–Crippen LogP) is 3.02. The van der Waals surface area contributed by atoms with Crippen molar-refractivity contribution in [3.63, 3.8) is 0 Å². The average Bonchev–Trinajstić information content (AvgIpc) is 2.77. The van der Waals surface area contributed by atoms with Crippen LogP contribution in [0.5, 0.6) is 0 Å². The predicted molar refractivity (Wildman–Crippen MR) is 91.9 cm³/mol. The van der Waals surface area contributed by atoms with E-state index in [1.165, 1.54) is 11.3 Å². The molecule has 112 valence electrons. The van der Waals surface area contributed by atoms with Gasteiger partial charge in [0, 0.05) is 40.2 Å². The lowest BCUT2D eigenvalue weighted by molar-refractivity contribution is 0.0578. The molecule has 0 aliphatic carbocycles. The number of carbonyl (C=O) groups excluding carboxylic acids is 1. The van der Waals surface area contributed by atoms with Crippen LogP contribution >= 0.6 is 27.3 Å². The van der Waals surface area contributed by atoms with Crippen LogP contribution in [-0.2, 0) is 0 Å². The third-order valence-electron chi connectivity index (χ3n) is 4.13. The molecule has 1 saturated heterocycles. The Balaban J connectivity index is 1.93. The van der Waals surface area contributed by atoms with Gasteiger partial charge in [-0.05, 0) is 26.1 Å². The molecule has 0 saturated carbocycles. The quantitative estimate of drug-likeness (QED) is 0.842. The van der Waals surface area contributed by atoms with Crippen molar-refractivity contribution in [2.45, 2.75) is 13.0 Å². The Bertz CT molecular complexity index is 700. The van der Waals surface area contributed by atoms with Crippen molar-refractivity contribution >= 4 is 48.9 Å². The van der Waals surface area contributed by atoms with Crippen molar-refractivity contribution in [2.75, 3.05) is 32.4 Å². The van der Waals surface area contributed by atoms with E-state index < -0.39 is 0 Å². The van der Waals surface area contributed by atoms with E-state index >= 15 is 0 Å². The fourth-order valence-corrected chi connectivity index (χ4v) is 4.27. The second kappa shape index (κ2) is 5.59. The highest BCUT2D eigenvalue weighted by atomic mass is 79.9. The minimum Gasteiger partial charge on any atom is -0.397 e. The Morgan fingerprint density at radius 3 is 2.90 bits per heavy atom. The molecule has 0 radical (unpaired) electrons. The highest BCUT2D eigenvalue weighted by Crippen LogP contribution is 2.36. The lowest BCUT2D eigenvalue weighted by Crippen LogP contribution is -2.51. The summed E-state index contributed by atoms with van der Waals surface area (Å²) < 4.78 is 2.05. The SMILES string of the molecule is CC1CN(C(=O)c2sc3cc(Br)ccc3c2N)CCN1C. The van der Waals surface area contributed by atoms with Crippen molar-refractivity contribution in [3.8, 4) is 0 Å². The van der Waals surface area contributed by atoms with Crippen LogP contribution in [0, 0.1) is 0 Å². The van der Waals surface area contributed by atoms with Crippen LogP contribution in [-0.4, -0.2) is 48.4 Å². The molecule has 2 heterocycles. The first-order valence-corrected chi connectivity index (χ1v) is 8.55. The van der Waals surface area contributed by atoms with E-state index in [2.05, 4.69) is 34.8 Å². The number of fused-ring (bicyclic) bond motifs is 1. The number of thiophene rings is 1. The summed E-state index contributed by atoms with van der Waals surface area (Å²) in [6, 6.07) is 6.32. The smallest absolute Gasteiger partial charge is 0.266 e. The summed E-state index contributed by atoms with van der Waals surface area (Å²) in [5, 5.41) is 0.966. The first kappa shape index (κ1) is 14.8. The number of nitrogens with zero attached hydrogens (tertiary/aromatic N) is 2. The number of nitrogen functional groups attached to an aromatic ring is 1. The average molecular weight is 368 g/mol. The van der Waals surface area contributed by atoms with Crippen LogP contribution < -0.4 is 5.73 Å². The Labute approximate surface area is 136 Å². The maximum Gasteiger partial charge on any atom is 0.266 e. The third kappa shape index (κ3) is 2.67. The molecule has 1 aliphatic rings. The zero-order valence-electron chi connectivity index (χ0n) is 12.1. The van der Waals surface area contributed by atoms with Crippen molar-refractivity contribution in [1.82, 2.24) is 9.80 Å². The monoisotopic (exact) mass is 367 g/mol. The summed E-state index contributed by atoms with van der Waals surface area (Å²) in [5.41, 5.74) is 6.81. The van der Waals surface area contributed by atoms with Crippen LogP contribution in [0.3, 0.4) is 0 Å². The number of rotatable bonds is 1. The summed E-state index contributed by atoms with van der Waals surface area (Å²) in [4.78, 5) is 17.6. The van der Waals surface area contributed by atoms with Gasteiger partial charge in [0.25, 0.3) is 5.91 Å². The van der Waals surface area contributed by atoms with Gasteiger partial charge in [0.05, 0.1) is 5.69 Å². The van der Waals surface area contributed by atoms with Gasteiger partial charge < -0.3 is 15.5 Å². The minimum atomic E-state index is 0.0600. The van der Waals surface area contributed by atoms with E-state index in [9.17, 15) is 4.79 Å². The Morgan fingerprint density at radius 2 is 2.19 bits per heavy atom.